The van der Waals surface area contributed by atoms with Crippen LogP contribution in [0.4, 0.5) is 0 Å². The molecule has 0 aliphatic rings. The number of carbonyl (C=O) groups is 2. The summed E-state index contributed by atoms with van der Waals surface area (Å²) in [5.74, 6) is -0.822. The molecule has 0 bridgehead atoms. The summed E-state index contributed by atoms with van der Waals surface area (Å²) in [7, 11) is 1.46. The number of quaternary nitrogens is 1. The summed E-state index contributed by atoms with van der Waals surface area (Å²) >= 11 is 0. The number of rotatable bonds is 42. The molecule has 0 amide bonds. The highest BCUT2D eigenvalue weighted by Gasteiger charge is 2.27. The highest BCUT2D eigenvalue weighted by Crippen LogP contribution is 2.43. The van der Waals surface area contributed by atoms with Gasteiger partial charge >= 0.3 is 19.8 Å². The molecule has 0 aliphatic heterocycles. The Labute approximate surface area is 356 Å². The number of hydrogen-bond donors (Lipinski definition) is 1. The predicted molar refractivity (Wildman–Crippen MR) is 243 cm³/mol. The van der Waals surface area contributed by atoms with Crippen molar-refractivity contribution in [2.75, 3.05) is 47.5 Å². The second kappa shape index (κ2) is 40.4. The van der Waals surface area contributed by atoms with E-state index in [1.54, 1.807) is 0 Å². The SMILES string of the molecule is CC/C=C\C/C=C\C/C=C\C/C=C\CCCCCCC(=O)OC(COC(=O)CCCCCCCCCCCCCCCCCCC)COP(=O)(O)OCC[N+](C)(C)C. The quantitative estimate of drug-likeness (QED) is 0.0213. The van der Waals surface area contributed by atoms with Crippen LogP contribution in [0, 0.1) is 0 Å². The van der Waals surface area contributed by atoms with Crippen LogP contribution in [0.15, 0.2) is 48.6 Å². The molecule has 0 aromatic heterocycles. The molecule has 10 heteroatoms. The Morgan fingerprint density at radius 2 is 0.983 bits per heavy atom. The lowest BCUT2D eigenvalue weighted by Crippen LogP contribution is -2.37. The van der Waals surface area contributed by atoms with E-state index in [1.165, 1.54) is 89.9 Å². The molecular weight excluding hydrogens is 750 g/mol. The Bertz CT molecular complexity index is 1130. The maximum absolute atomic E-state index is 12.7. The molecule has 0 fully saturated rings. The smallest absolute Gasteiger partial charge is 0.462 e. The van der Waals surface area contributed by atoms with Gasteiger partial charge in [0.25, 0.3) is 0 Å². The number of nitrogens with zero attached hydrogens (tertiary/aromatic N) is 1. The normalized spacial score (nSPS) is 14.0. The summed E-state index contributed by atoms with van der Waals surface area (Å²) in [6.45, 7) is 4.29. The van der Waals surface area contributed by atoms with Crippen molar-refractivity contribution >= 4 is 19.8 Å². The second-order valence-electron chi connectivity index (χ2n) is 16.8. The van der Waals surface area contributed by atoms with Crippen molar-refractivity contribution in [1.82, 2.24) is 0 Å². The number of likely N-dealkylation sites (N-methyl/N-ethyl adjacent to an activating group) is 1. The molecule has 0 rings (SSSR count). The Morgan fingerprint density at radius 1 is 0.552 bits per heavy atom. The molecule has 2 atom stereocenters. The van der Waals surface area contributed by atoms with Gasteiger partial charge in [-0.25, -0.2) is 4.57 Å². The Kier molecular flexibility index (Phi) is 39.0. The second-order valence-corrected chi connectivity index (χ2v) is 18.2. The first-order valence-corrected chi connectivity index (χ1v) is 24.9. The van der Waals surface area contributed by atoms with E-state index in [2.05, 4.69) is 62.5 Å². The zero-order valence-corrected chi connectivity index (χ0v) is 38.9. The van der Waals surface area contributed by atoms with E-state index < -0.39 is 26.5 Å². The third kappa shape index (κ3) is 43.5. The fourth-order valence-electron chi connectivity index (χ4n) is 6.24. The molecule has 0 radical (unpaired) electrons. The van der Waals surface area contributed by atoms with E-state index in [0.29, 0.717) is 17.4 Å². The van der Waals surface area contributed by atoms with Gasteiger partial charge in [-0.05, 0) is 51.4 Å². The molecule has 1 N–H and O–H groups in total. The predicted octanol–water partition coefficient (Wildman–Crippen LogP) is 13.5. The number of phosphoric ester groups is 1. The molecule has 0 spiro atoms. The average Bonchev–Trinajstić information content (AvgIpc) is 3.17. The standard InChI is InChI=1S/C48H88NO8P/c1-6-8-10-12-14-16-18-20-22-24-26-28-30-32-34-36-38-40-47(50)54-44-46(45-56-58(52,53)55-43-42-49(3,4)5)57-48(51)41-39-37-35-33-31-29-27-25-23-21-19-17-15-13-11-9-7-2/h9,11,15,17,21,23,27,29,46H,6-8,10,12-14,16,18-20,22,24-26,28,30-45H2,1-5H3/p+1/b11-9-,17-15-,23-21-,29-27-. The molecule has 0 aliphatic carbocycles. The van der Waals surface area contributed by atoms with Gasteiger partial charge in [-0.3, -0.25) is 18.6 Å². The molecule has 0 saturated carbocycles. The number of allylic oxidation sites excluding steroid dienone is 8. The van der Waals surface area contributed by atoms with Gasteiger partial charge in [0.05, 0.1) is 27.7 Å². The highest BCUT2D eigenvalue weighted by atomic mass is 31.2. The van der Waals surface area contributed by atoms with Crippen LogP contribution in [0.5, 0.6) is 0 Å². The topological polar surface area (TPSA) is 108 Å². The van der Waals surface area contributed by atoms with Crippen LogP contribution in [-0.4, -0.2) is 74.9 Å². The van der Waals surface area contributed by atoms with E-state index in [0.717, 1.165) is 70.6 Å². The average molecular weight is 839 g/mol. The number of carbonyl (C=O) groups excluding carboxylic acids is 2. The van der Waals surface area contributed by atoms with Crippen molar-refractivity contribution in [3.63, 3.8) is 0 Å². The third-order valence-corrected chi connectivity index (χ3v) is 10.9. The van der Waals surface area contributed by atoms with Crippen molar-refractivity contribution in [3.8, 4) is 0 Å². The lowest BCUT2D eigenvalue weighted by molar-refractivity contribution is -0.870. The minimum Gasteiger partial charge on any atom is -0.462 e. The largest absolute Gasteiger partial charge is 0.472 e. The Hall–Kier alpha value is -2.03. The molecule has 0 aromatic rings. The Balaban J connectivity index is 4.35. The van der Waals surface area contributed by atoms with Crippen LogP contribution in [-0.2, 0) is 32.7 Å². The van der Waals surface area contributed by atoms with Gasteiger partial charge in [-0.1, -0.05) is 178 Å². The lowest BCUT2D eigenvalue weighted by Gasteiger charge is -2.24. The fourth-order valence-corrected chi connectivity index (χ4v) is 6.98. The maximum atomic E-state index is 12.7. The van der Waals surface area contributed by atoms with Gasteiger partial charge in [0.2, 0.25) is 0 Å². The number of phosphoric acid groups is 1. The molecular formula is C48H89NO8P+. The Morgan fingerprint density at radius 3 is 1.47 bits per heavy atom. The fraction of sp³-hybridized carbons (Fsp3) is 0.792. The molecule has 338 valence electrons. The first-order valence-electron chi connectivity index (χ1n) is 23.4. The van der Waals surface area contributed by atoms with E-state index in [9.17, 15) is 19.0 Å². The zero-order chi connectivity index (χ0) is 42.8. The van der Waals surface area contributed by atoms with E-state index >= 15 is 0 Å². The first-order chi connectivity index (χ1) is 28.0. The van der Waals surface area contributed by atoms with Gasteiger partial charge in [0.15, 0.2) is 6.10 Å². The van der Waals surface area contributed by atoms with Crippen LogP contribution in [0.1, 0.15) is 194 Å². The van der Waals surface area contributed by atoms with Crippen LogP contribution in [0.2, 0.25) is 0 Å². The number of hydrogen-bond acceptors (Lipinski definition) is 7. The minimum atomic E-state index is -4.38. The van der Waals surface area contributed by atoms with Crippen molar-refractivity contribution in [2.24, 2.45) is 0 Å². The first kappa shape index (κ1) is 56.0. The highest BCUT2D eigenvalue weighted by molar-refractivity contribution is 7.47. The molecule has 0 saturated heterocycles. The van der Waals surface area contributed by atoms with Crippen LogP contribution < -0.4 is 0 Å². The van der Waals surface area contributed by atoms with Crippen LogP contribution in [0.3, 0.4) is 0 Å². The maximum Gasteiger partial charge on any atom is 0.472 e. The monoisotopic (exact) mass is 839 g/mol. The summed E-state index contributed by atoms with van der Waals surface area (Å²) in [4.78, 5) is 35.4. The van der Waals surface area contributed by atoms with Gasteiger partial charge in [-0.15, -0.1) is 0 Å². The van der Waals surface area contributed by atoms with Gasteiger partial charge in [0, 0.05) is 12.8 Å². The number of unbranched alkanes of at least 4 members (excludes halogenated alkanes) is 20. The minimum absolute atomic E-state index is 0.0261. The molecule has 2 unspecified atom stereocenters. The third-order valence-electron chi connectivity index (χ3n) is 9.87. The van der Waals surface area contributed by atoms with Gasteiger partial charge in [0.1, 0.15) is 19.8 Å². The molecule has 9 nitrogen and oxygen atoms in total. The van der Waals surface area contributed by atoms with Gasteiger partial charge in [-0.2, -0.15) is 0 Å². The van der Waals surface area contributed by atoms with Crippen molar-refractivity contribution in [2.45, 2.75) is 200 Å². The molecule has 58 heavy (non-hydrogen) atoms. The van der Waals surface area contributed by atoms with Crippen molar-refractivity contribution < 1.29 is 42.1 Å². The zero-order valence-electron chi connectivity index (χ0n) is 38.0. The van der Waals surface area contributed by atoms with Crippen molar-refractivity contribution in [1.29, 1.82) is 0 Å². The van der Waals surface area contributed by atoms with Crippen LogP contribution in [0.25, 0.3) is 0 Å². The summed E-state index contributed by atoms with van der Waals surface area (Å²) in [6, 6.07) is 0. The van der Waals surface area contributed by atoms with Crippen LogP contribution >= 0.6 is 7.82 Å². The summed E-state index contributed by atoms with van der Waals surface area (Å²) in [5, 5.41) is 0. The van der Waals surface area contributed by atoms with Gasteiger partial charge < -0.3 is 18.9 Å². The summed E-state index contributed by atoms with van der Waals surface area (Å²) < 4.78 is 34.3. The van der Waals surface area contributed by atoms with Crippen molar-refractivity contribution in [3.05, 3.63) is 48.6 Å². The molecule has 0 heterocycles. The summed E-state index contributed by atoms with van der Waals surface area (Å²) in [6.07, 6.45) is 47.3. The summed E-state index contributed by atoms with van der Waals surface area (Å²) in [5.41, 5.74) is 0. The number of esters is 2. The van der Waals surface area contributed by atoms with E-state index in [1.807, 2.05) is 21.1 Å². The molecule has 0 aromatic carbocycles. The number of ether oxygens (including phenoxy) is 2. The van der Waals surface area contributed by atoms with E-state index in [-0.39, 0.29) is 32.0 Å². The van der Waals surface area contributed by atoms with E-state index in [4.69, 9.17) is 18.5 Å². The lowest BCUT2D eigenvalue weighted by atomic mass is 10.0.